The lowest BCUT2D eigenvalue weighted by Crippen LogP contribution is -2.44. The molecule has 0 aromatic heterocycles. The van der Waals surface area contributed by atoms with Crippen LogP contribution in [-0.4, -0.2) is 34.7 Å². The van der Waals surface area contributed by atoms with Gasteiger partial charge in [0.05, 0.1) is 28.4 Å². The molecular weight excluding hydrogens is 321 g/mol. The van der Waals surface area contributed by atoms with Crippen molar-refractivity contribution in [2.24, 2.45) is 0 Å². The van der Waals surface area contributed by atoms with Gasteiger partial charge in [-0.25, -0.2) is 4.79 Å². The first-order chi connectivity index (χ1) is 9.94. The van der Waals surface area contributed by atoms with Crippen LogP contribution in [0.5, 0.6) is 0 Å². The van der Waals surface area contributed by atoms with E-state index in [1.807, 2.05) is 0 Å². The Morgan fingerprint density at radius 2 is 1.95 bits per heavy atom. The van der Waals surface area contributed by atoms with Crippen molar-refractivity contribution >= 4 is 23.3 Å². The fourth-order valence-electron chi connectivity index (χ4n) is 1.78. The van der Waals surface area contributed by atoms with Crippen molar-refractivity contribution in [3.63, 3.8) is 0 Å². The number of halogens is 4. The van der Waals surface area contributed by atoms with Gasteiger partial charge in [-0.3, -0.25) is 0 Å². The van der Waals surface area contributed by atoms with Gasteiger partial charge in [0, 0.05) is 6.54 Å². The van der Waals surface area contributed by atoms with Gasteiger partial charge in [-0.05, 0) is 39.0 Å². The summed E-state index contributed by atoms with van der Waals surface area (Å²) in [5.41, 5.74) is -1.90. The molecule has 22 heavy (non-hydrogen) atoms. The van der Waals surface area contributed by atoms with Crippen LogP contribution in [0.4, 0.5) is 23.7 Å². The Balaban J connectivity index is 2.88. The molecule has 1 rings (SSSR count). The molecule has 0 saturated carbocycles. The number of hydrogen-bond acceptors (Lipinski definition) is 2. The van der Waals surface area contributed by atoms with E-state index in [1.54, 1.807) is 20.8 Å². The van der Waals surface area contributed by atoms with Crippen LogP contribution in [0.2, 0.25) is 5.02 Å². The first-order valence-electron chi connectivity index (χ1n) is 6.59. The molecule has 0 aliphatic carbocycles. The lowest BCUT2D eigenvalue weighted by molar-refractivity contribution is -0.137. The number of carbonyl (C=O) groups excluding carboxylic acids is 1. The number of hydrogen-bond donors (Lipinski definition) is 2. The van der Waals surface area contributed by atoms with Crippen LogP contribution in [0, 0.1) is 0 Å². The summed E-state index contributed by atoms with van der Waals surface area (Å²) in [6.45, 7) is 5.23. The van der Waals surface area contributed by atoms with Crippen molar-refractivity contribution in [2.75, 3.05) is 18.4 Å². The Labute approximate surface area is 131 Å². The second-order valence-electron chi connectivity index (χ2n) is 5.45. The van der Waals surface area contributed by atoms with Gasteiger partial charge >= 0.3 is 12.2 Å². The number of amides is 2. The van der Waals surface area contributed by atoms with E-state index in [1.165, 1.54) is 4.90 Å². The number of aliphatic hydroxyl groups is 1. The summed E-state index contributed by atoms with van der Waals surface area (Å²) in [6.07, 6.45) is -4.50. The molecular formula is C14H18ClF3N2O2. The number of benzene rings is 1. The molecule has 0 saturated heterocycles. The molecule has 0 aliphatic heterocycles. The summed E-state index contributed by atoms with van der Waals surface area (Å²) in [4.78, 5) is 13.4. The smallest absolute Gasteiger partial charge is 0.389 e. The van der Waals surface area contributed by atoms with Crippen molar-refractivity contribution < 1.29 is 23.1 Å². The second-order valence-corrected chi connectivity index (χ2v) is 5.86. The second kappa shape index (κ2) is 6.75. The van der Waals surface area contributed by atoms with Gasteiger partial charge in [-0.15, -0.1) is 0 Å². The molecule has 0 spiro atoms. The lowest BCUT2D eigenvalue weighted by Gasteiger charge is -2.28. The average Bonchev–Trinajstić information content (AvgIpc) is 2.35. The third kappa shape index (κ3) is 5.38. The maximum atomic E-state index is 12.5. The van der Waals surface area contributed by atoms with E-state index in [4.69, 9.17) is 11.6 Å². The number of nitrogens with zero attached hydrogens (tertiary/aromatic N) is 1. The maximum absolute atomic E-state index is 12.5. The van der Waals surface area contributed by atoms with E-state index in [-0.39, 0.29) is 17.3 Å². The van der Waals surface area contributed by atoms with E-state index in [9.17, 15) is 23.1 Å². The van der Waals surface area contributed by atoms with E-state index in [0.717, 1.165) is 18.2 Å². The zero-order valence-electron chi connectivity index (χ0n) is 12.5. The number of rotatable bonds is 4. The van der Waals surface area contributed by atoms with Crippen LogP contribution in [0.1, 0.15) is 26.3 Å². The summed E-state index contributed by atoms with van der Waals surface area (Å²) < 4.78 is 37.6. The normalized spacial score (nSPS) is 12.2. The van der Waals surface area contributed by atoms with Gasteiger partial charge in [-0.1, -0.05) is 11.6 Å². The third-order valence-corrected chi connectivity index (χ3v) is 3.10. The first-order valence-corrected chi connectivity index (χ1v) is 6.97. The number of likely N-dealkylation sites (N-methyl/N-ethyl adjacent to an activating group) is 1. The molecule has 0 unspecified atom stereocenters. The van der Waals surface area contributed by atoms with Gasteiger partial charge in [0.25, 0.3) is 0 Å². The Morgan fingerprint density at radius 1 is 1.36 bits per heavy atom. The zero-order valence-corrected chi connectivity index (χ0v) is 13.2. The molecule has 2 N–H and O–H groups in total. The highest BCUT2D eigenvalue weighted by molar-refractivity contribution is 6.33. The van der Waals surface area contributed by atoms with E-state index < -0.39 is 23.4 Å². The Morgan fingerprint density at radius 3 is 2.36 bits per heavy atom. The lowest BCUT2D eigenvalue weighted by atomic mass is 10.1. The first kappa shape index (κ1) is 18.6. The summed E-state index contributed by atoms with van der Waals surface area (Å²) in [5, 5.41) is 12.0. The molecule has 1 aromatic carbocycles. The summed E-state index contributed by atoms with van der Waals surface area (Å²) >= 11 is 5.78. The Hall–Kier alpha value is -1.47. The van der Waals surface area contributed by atoms with Crippen molar-refractivity contribution in [3.05, 3.63) is 28.8 Å². The minimum absolute atomic E-state index is 0.0770. The van der Waals surface area contributed by atoms with Gasteiger partial charge < -0.3 is 15.3 Å². The number of carbonyl (C=O) groups is 1. The largest absolute Gasteiger partial charge is 0.416 e. The van der Waals surface area contributed by atoms with Crippen molar-refractivity contribution in [2.45, 2.75) is 32.5 Å². The Bertz CT molecular complexity index is 542. The van der Waals surface area contributed by atoms with Crippen molar-refractivity contribution in [1.82, 2.24) is 4.90 Å². The standard InChI is InChI=1S/C14H18ClF3N2O2/c1-4-20(8-13(2,3)22)12(21)19-11-6-5-9(7-10(11)15)14(16,17)18/h5-7,22H,4,8H2,1-3H3,(H,19,21). The third-order valence-electron chi connectivity index (χ3n) is 2.78. The van der Waals surface area contributed by atoms with Crippen LogP contribution in [0.25, 0.3) is 0 Å². The summed E-state index contributed by atoms with van der Waals surface area (Å²) in [7, 11) is 0. The number of anilines is 1. The average molecular weight is 339 g/mol. The highest BCUT2D eigenvalue weighted by atomic mass is 35.5. The minimum Gasteiger partial charge on any atom is -0.389 e. The molecule has 2 amide bonds. The monoisotopic (exact) mass is 338 g/mol. The molecule has 124 valence electrons. The molecule has 8 heteroatoms. The highest BCUT2D eigenvalue weighted by Gasteiger charge is 2.31. The van der Waals surface area contributed by atoms with E-state index in [2.05, 4.69) is 5.32 Å². The SMILES string of the molecule is CCN(CC(C)(C)O)C(=O)Nc1ccc(C(F)(F)F)cc1Cl. The van der Waals surface area contributed by atoms with E-state index in [0.29, 0.717) is 6.54 Å². The van der Waals surface area contributed by atoms with Gasteiger partial charge in [0.2, 0.25) is 0 Å². The van der Waals surface area contributed by atoms with Gasteiger partial charge in [0.1, 0.15) is 0 Å². The van der Waals surface area contributed by atoms with Gasteiger partial charge in [0.15, 0.2) is 0 Å². The zero-order chi connectivity index (χ0) is 17.1. The van der Waals surface area contributed by atoms with Crippen LogP contribution in [0.15, 0.2) is 18.2 Å². The molecule has 0 fully saturated rings. The molecule has 1 aromatic rings. The molecule has 0 atom stereocenters. The molecule has 0 bridgehead atoms. The molecule has 4 nitrogen and oxygen atoms in total. The van der Waals surface area contributed by atoms with Crippen molar-refractivity contribution in [1.29, 1.82) is 0 Å². The highest BCUT2D eigenvalue weighted by Crippen LogP contribution is 2.33. The predicted molar refractivity (Wildman–Crippen MR) is 79.0 cm³/mol. The predicted octanol–water partition coefficient (Wildman–Crippen LogP) is 3.98. The fourth-order valence-corrected chi connectivity index (χ4v) is 2.01. The van der Waals surface area contributed by atoms with Crippen molar-refractivity contribution in [3.8, 4) is 0 Å². The number of urea groups is 1. The van der Waals surface area contributed by atoms with Crippen LogP contribution in [-0.2, 0) is 6.18 Å². The van der Waals surface area contributed by atoms with Crippen LogP contribution < -0.4 is 5.32 Å². The molecule has 0 aliphatic rings. The summed E-state index contributed by atoms with van der Waals surface area (Å²) in [6, 6.07) is 2.14. The van der Waals surface area contributed by atoms with Crippen LogP contribution >= 0.6 is 11.6 Å². The summed E-state index contributed by atoms with van der Waals surface area (Å²) in [5.74, 6) is 0. The number of alkyl halides is 3. The maximum Gasteiger partial charge on any atom is 0.416 e. The fraction of sp³-hybridized carbons (Fsp3) is 0.500. The quantitative estimate of drug-likeness (QED) is 0.872. The number of nitrogens with one attached hydrogen (secondary N) is 1. The van der Waals surface area contributed by atoms with Crippen LogP contribution in [0.3, 0.4) is 0 Å². The van der Waals surface area contributed by atoms with Gasteiger partial charge in [-0.2, -0.15) is 13.2 Å². The Kier molecular flexibility index (Phi) is 5.70. The minimum atomic E-state index is -4.50. The van der Waals surface area contributed by atoms with E-state index >= 15 is 0 Å². The molecule has 0 radical (unpaired) electrons. The topological polar surface area (TPSA) is 52.6 Å². The molecule has 0 heterocycles.